The summed E-state index contributed by atoms with van der Waals surface area (Å²) in [5, 5.41) is 2.68. The Hall–Kier alpha value is -2.63. The number of carbonyl (C=O) groups excluding carboxylic acids is 3. The minimum atomic E-state index is -0.529. The van der Waals surface area contributed by atoms with Crippen molar-refractivity contribution >= 4 is 24.0 Å². The SMILES string of the molecule is CN1C(=O)C/C(=C\c2ccc(CNC(=O)OC(C)(C)C)cc2)C1=O. The number of ether oxygens (including phenoxy) is 1. The largest absolute Gasteiger partial charge is 0.444 e. The molecule has 0 spiro atoms. The number of likely N-dealkylation sites (tertiary alicyclic amines) is 1. The van der Waals surface area contributed by atoms with Gasteiger partial charge < -0.3 is 10.1 Å². The quantitative estimate of drug-likeness (QED) is 0.682. The number of imide groups is 1. The van der Waals surface area contributed by atoms with E-state index in [1.165, 1.54) is 7.05 Å². The number of hydrogen-bond acceptors (Lipinski definition) is 4. The smallest absolute Gasteiger partial charge is 0.407 e. The molecule has 1 aromatic rings. The van der Waals surface area contributed by atoms with Gasteiger partial charge in [-0.25, -0.2) is 4.79 Å². The Morgan fingerprint density at radius 3 is 2.38 bits per heavy atom. The van der Waals surface area contributed by atoms with Crippen molar-refractivity contribution in [1.29, 1.82) is 0 Å². The molecule has 1 aliphatic heterocycles. The van der Waals surface area contributed by atoms with Crippen LogP contribution in [0, 0.1) is 0 Å². The summed E-state index contributed by atoms with van der Waals surface area (Å²) in [5.74, 6) is -0.444. The zero-order chi connectivity index (χ0) is 17.9. The molecular weight excluding hydrogens is 308 g/mol. The summed E-state index contributed by atoms with van der Waals surface area (Å²) < 4.78 is 5.17. The predicted octanol–water partition coefficient (Wildman–Crippen LogP) is 2.48. The van der Waals surface area contributed by atoms with Gasteiger partial charge in [-0.3, -0.25) is 14.5 Å². The first-order valence-electron chi connectivity index (χ1n) is 7.73. The van der Waals surface area contributed by atoms with Crippen molar-refractivity contribution < 1.29 is 19.1 Å². The van der Waals surface area contributed by atoms with Gasteiger partial charge in [-0.1, -0.05) is 24.3 Å². The highest BCUT2D eigenvalue weighted by atomic mass is 16.6. The van der Waals surface area contributed by atoms with Crippen molar-refractivity contribution in [2.45, 2.75) is 39.3 Å². The van der Waals surface area contributed by atoms with Crippen LogP contribution in [0.15, 0.2) is 29.8 Å². The molecule has 1 saturated heterocycles. The molecule has 1 N–H and O–H groups in total. The Labute approximate surface area is 141 Å². The molecule has 1 aromatic carbocycles. The number of nitrogens with zero attached hydrogens (tertiary/aromatic N) is 1. The summed E-state index contributed by atoms with van der Waals surface area (Å²) in [6.45, 7) is 5.77. The summed E-state index contributed by atoms with van der Waals surface area (Å²) >= 11 is 0. The highest BCUT2D eigenvalue weighted by Gasteiger charge is 2.30. The van der Waals surface area contributed by atoms with E-state index in [0.717, 1.165) is 16.0 Å². The lowest BCUT2D eigenvalue weighted by atomic mass is 10.1. The van der Waals surface area contributed by atoms with Crippen molar-refractivity contribution in [2.24, 2.45) is 0 Å². The van der Waals surface area contributed by atoms with Crippen molar-refractivity contribution in [3.8, 4) is 0 Å². The fourth-order valence-corrected chi connectivity index (χ4v) is 2.22. The second kappa shape index (κ2) is 6.86. The highest BCUT2D eigenvalue weighted by molar-refractivity contribution is 6.15. The zero-order valence-corrected chi connectivity index (χ0v) is 14.4. The van der Waals surface area contributed by atoms with E-state index in [0.29, 0.717) is 12.1 Å². The first-order valence-corrected chi connectivity index (χ1v) is 7.73. The van der Waals surface area contributed by atoms with Crippen LogP contribution in [0.4, 0.5) is 4.79 Å². The van der Waals surface area contributed by atoms with Crippen molar-refractivity contribution in [2.75, 3.05) is 7.05 Å². The van der Waals surface area contributed by atoms with Crippen molar-refractivity contribution in [1.82, 2.24) is 10.2 Å². The Morgan fingerprint density at radius 1 is 1.25 bits per heavy atom. The molecule has 6 nitrogen and oxygen atoms in total. The van der Waals surface area contributed by atoms with Gasteiger partial charge in [0.15, 0.2) is 0 Å². The molecule has 0 aliphatic carbocycles. The normalized spacial score (nSPS) is 16.7. The van der Waals surface area contributed by atoms with Crippen LogP contribution in [0.5, 0.6) is 0 Å². The number of carbonyl (C=O) groups is 3. The van der Waals surface area contributed by atoms with E-state index >= 15 is 0 Å². The molecule has 2 rings (SSSR count). The van der Waals surface area contributed by atoms with Crippen LogP contribution in [0.3, 0.4) is 0 Å². The number of hydrogen-bond donors (Lipinski definition) is 1. The van der Waals surface area contributed by atoms with Crippen LogP contribution in [-0.4, -0.2) is 35.5 Å². The molecule has 6 heteroatoms. The average Bonchev–Trinajstić information content (AvgIpc) is 2.72. The molecule has 0 radical (unpaired) electrons. The van der Waals surface area contributed by atoms with E-state index in [9.17, 15) is 14.4 Å². The van der Waals surface area contributed by atoms with Crippen LogP contribution < -0.4 is 5.32 Å². The fraction of sp³-hybridized carbons (Fsp3) is 0.389. The number of rotatable bonds is 3. The van der Waals surface area contributed by atoms with E-state index in [1.54, 1.807) is 26.8 Å². The highest BCUT2D eigenvalue weighted by Crippen LogP contribution is 2.20. The number of likely N-dealkylation sites (N-methyl/N-ethyl adjacent to an activating group) is 1. The number of amides is 3. The van der Waals surface area contributed by atoms with Crippen LogP contribution in [0.2, 0.25) is 0 Å². The van der Waals surface area contributed by atoms with Crippen LogP contribution in [-0.2, 0) is 20.9 Å². The van der Waals surface area contributed by atoms with Gasteiger partial charge in [-0.05, 0) is 38.0 Å². The minimum Gasteiger partial charge on any atom is -0.444 e. The summed E-state index contributed by atoms with van der Waals surface area (Å²) in [6, 6.07) is 7.40. The van der Waals surface area contributed by atoms with E-state index in [4.69, 9.17) is 4.74 Å². The molecular formula is C18H22N2O4. The summed E-state index contributed by atoms with van der Waals surface area (Å²) in [6.07, 6.45) is 1.39. The molecule has 1 fully saturated rings. The molecule has 24 heavy (non-hydrogen) atoms. The number of alkyl carbamates (subject to hydrolysis) is 1. The van der Waals surface area contributed by atoms with E-state index in [1.807, 2.05) is 24.3 Å². The summed E-state index contributed by atoms with van der Waals surface area (Å²) in [4.78, 5) is 36.1. The predicted molar refractivity (Wildman–Crippen MR) is 89.9 cm³/mol. The van der Waals surface area contributed by atoms with Crippen molar-refractivity contribution in [3.05, 3.63) is 41.0 Å². The molecule has 0 aromatic heterocycles. The maximum atomic E-state index is 11.9. The van der Waals surface area contributed by atoms with Gasteiger partial charge in [0.05, 0.1) is 6.42 Å². The minimum absolute atomic E-state index is 0.136. The van der Waals surface area contributed by atoms with Crippen molar-refractivity contribution in [3.63, 3.8) is 0 Å². The Kier molecular flexibility index (Phi) is 5.07. The maximum absolute atomic E-state index is 11.9. The summed E-state index contributed by atoms with van der Waals surface area (Å²) in [5.41, 5.74) is 1.71. The van der Waals surface area contributed by atoms with Crippen LogP contribution in [0.25, 0.3) is 6.08 Å². The summed E-state index contributed by atoms with van der Waals surface area (Å²) in [7, 11) is 1.48. The van der Waals surface area contributed by atoms with Gasteiger partial charge in [0.1, 0.15) is 5.60 Å². The molecule has 0 saturated carbocycles. The Bertz CT molecular complexity index is 684. The van der Waals surface area contributed by atoms with Gasteiger partial charge >= 0.3 is 6.09 Å². The van der Waals surface area contributed by atoms with E-state index in [-0.39, 0.29) is 18.2 Å². The molecule has 1 heterocycles. The van der Waals surface area contributed by atoms with Gasteiger partial charge in [0, 0.05) is 19.2 Å². The zero-order valence-electron chi connectivity index (χ0n) is 14.4. The molecule has 1 aliphatic rings. The third-order valence-electron chi connectivity index (χ3n) is 3.45. The second-order valence-corrected chi connectivity index (χ2v) is 6.70. The standard InChI is InChI=1S/C18H22N2O4/c1-18(2,3)24-17(23)19-11-13-7-5-12(6-8-13)9-14-10-15(21)20(4)16(14)22/h5-9H,10-11H2,1-4H3,(H,19,23)/b14-9+. The van der Waals surface area contributed by atoms with Gasteiger partial charge in [0.2, 0.25) is 5.91 Å². The Balaban J connectivity index is 1.95. The molecule has 3 amide bonds. The number of nitrogens with one attached hydrogen (secondary N) is 1. The molecule has 0 bridgehead atoms. The first kappa shape index (κ1) is 17.7. The van der Waals surface area contributed by atoms with E-state index in [2.05, 4.69) is 5.32 Å². The fourth-order valence-electron chi connectivity index (χ4n) is 2.22. The second-order valence-electron chi connectivity index (χ2n) is 6.70. The van der Waals surface area contributed by atoms with E-state index < -0.39 is 11.7 Å². The lowest BCUT2D eigenvalue weighted by molar-refractivity contribution is -0.135. The first-order chi connectivity index (χ1) is 11.2. The van der Waals surface area contributed by atoms with Gasteiger partial charge in [0.25, 0.3) is 5.91 Å². The number of benzene rings is 1. The third-order valence-corrected chi connectivity index (χ3v) is 3.45. The van der Waals surface area contributed by atoms with Crippen LogP contribution in [0.1, 0.15) is 38.3 Å². The lowest BCUT2D eigenvalue weighted by Crippen LogP contribution is -2.32. The topological polar surface area (TPSA) is 75.7 Å². The molecule has 128 valence electrons. The van der Waals surface area contributed by atoms with Gasteiger partial charge in [-0.2, -0.15) is 0 Å². The molecule has 0 unspecified atom stereocenters. The van der Waals surface area contributed by atoms with Gasteiger partial charge in [-0.15, -0.1) is 0 Å². The maximum Gasteiger partial charge on any atom is 0.407 e. The monoisotopic (exact) mass is 330 g/mol. The lowest BCUT2D eigenvalue weighted by Gasteiger charge is -2.19. The third kappa shape index (κ3) is 4.68. The average molecular weight is 330 g/mol. The molecule has 0 atom stereocenters. The Morgan fingerprint density at radius 2 is 1.88 bits per heavy atom. The van der Waals surface area contributed by atoms with Crippen LogP contribution >= 0.6 is 0 Å².